The van der Waals surface area contributed by atoms with Crippen molar-refractivity contribution in [2.45, 2.75) is 25.7 Å². The lowest BCUT2D eigenvalue weighted by atomic mass is 9.99. The van der Waals surface area contributed by atoms with E-state index < -0.39 is 0 Å². The van der Waals surface area contributed by atoms with Crippen molar-refractivity contribution in [3.63, 3.8) is 0 Å². The smallest absolute Gasteiger partial charge is 0.268 e. The van der Waals surface area contributed by atoms with Crippen LogP contribution in [0.3, 0.4) is 0 Å². The lowest BCUT2D eigenvalue weighted by molar-refractivity contribution is 0.433. The Balaban J connectivity index is 1.70. The molecule has 0 aromatic carbocycles. The molecule has 0 unspecified atom stereocenters. The van der Waals surface area contributed by atoms with Gasteiger partial charge < -0.3 is 4.52 Å². The molecule has 0 bridgehead atoms. The van der Waals surface area contributed by atoms with Gasteiger partial charge in [-0.15, -0.1) is 11.3 Å². The first-order valence-corrected chi connectivity index (χ1v) is 7.44. The molecule has 1 aliphatic rings. The highest BCUT2D eigenvalue weighted by atomic mass is 32.1. The fourth-order valence-electron chi connectivity index (χ4n) is 2.44. The number of aryl methyl sites for hydroxylation is 2. The molecule has 6 heteroatoms. The molecule has 1 aliphatic carbocycles. The van der Waals surface area contributed by atoms with Crippen LogP contribution in [-0.4, -0.2) is 20.1 Å². The quantitative estimate of drug-likeness (QED) is 0.723. The van der Waals surface area contributed by atoms with E-state index in [2.05, 4.69) is 26.2 Å². The third-order valence-corrected chi connectivity index (χ3v) is 4.65. The van der Waals surface area contributed by atoms with E-state index in [4.69, 9.17) is 4.52 Å². The van der Waals surface area contributed by atoms with Crippen molar-refractivity contribution < 1.29 is 4.52 Å². The summed E-state index contributed by atoms with van der Waals surface area (Å²) in [5, 5.41) is 3.99. The fraction of sp³-hybridized carbons (Fsp3) is 0.286. The largest absolute Gasteiger partial charge is 0.333 e. The Morgan fingerprint density at radius 3 is 2.95 bits per heavy atom. The molecule has 0 amide bonds. The molecule has 3 aromatic heterocycles. The highest BCUT2D eigenvalue weighted by Gasteiger charge is 2.18. The molecule has 4 rings (SSSR count). The lowest BCUT2D eigenvalue weighted by Crippen LogP contribution is -1.96. The predicted octanol–water partition coefficient (Wildman–Crippen LogP) is 3.13. The summed E-state index contributed by atoms with van der Waals surface area (Å²) in [6.45, 7) is 0. The highest BCUT2D eigenvalue weighted by molar-refractivity contribution is 7.15. The minimum absolute atomic E-state index is 0.486. The summed E-state index contributed by atoms with van der Waals surface area (Å²) in [5.74, 6) is 1.06. The van der Waals surface area contributed by atoms with E-state index in [1.54, 1.807) is 29.9 Å². The molecular formula is C14H12N4OS. The summed E-state index contributed by atoms with van der Waals surface area (Å²) in [7, 11) is 0. The van der Waals surface area contributed by atoms with Crippen LogP contribution in [0.1, 0.15) is 23.3 Å². The van der Waals surface area contributed by atoms with Gasteiger partial charge >= 0.3 is 0 Å². The second-order valence-electron chi connectivity index (χ2n) is 4.78. The van der Waals surface area contributed by atoms with Crippen LogP contribution in [0.5, 0.6) is 0 Å². The van der Waals surface area contributed by atoms with Gasteiger partial charge in [-0.25, -0.2) is 4.98 Å². The van der Waals surface area contributed by atoms with Crippen LogP contribution in [0.2, 0.25) is 0 Å². The number of nitrogens with zero attached hydrogens (tertiary/aromatic N) is 4. The first kappa shape index (κ1) is 11.7. The van der Waals surface area contributed by atoms with Crippen LogP contribution in [-0.2, 0) is 12.8 Å². The molecule has 0 saturated carbocycles. The van der Waals surface area contributed by atoms with E-state index >= 15 is 0 Å². The monoisotopic (exact) mass is 284 g/mol. The van der Waals surface area contributed by atoms with E-state index in [0.717, 1.165) is 11.3 Å². The van der Waals surface area contributed by atoms with E-state index in [-0.39, 0.29) is 0 Å². The fourth-order valence-corrected chi connectivity index (χ4v) is 3.61. The van der Waals surface area contributed by atoms with Gasteiger partial charge in [0.15, 0.2) is 0 Å². The molecule has 3 heterocycles. The SMILES string of the molecule is c1cnc(-c2noc(-c3cc4c(s3)CCCC4)n2)cn1. The molecule has 20 heavy (non-hydrogen) atoms. The van der Waals surface area contributed by atoms with Gasteiger partial charge in [0, 0.05) is 17.3 Å². The van der Waals surface area contributed by atoms with Crippen LogP contribution in [0.25, 0.3) is 22.3 Å². The van der Waals surface area contributed by atoms with Gasteiger partial charge in [0.1, 0.15) is 5.69 Å². The number of thiophene rings is 1. The maximum Gasteiger partial charge on any atom is 0.268 e. The maximum absolute atomic E-state index is 5.36. The van der Waals surface area contributed by atoms with Crippen molar-refractivity contribution >= 4 is 11.3 Å². The van der Waals surface area contributed by atoms with E-state index in [1.807, 2.05) is 0 Å². The molecule has 0 radical (unpaired) electrons. The van der Waals surface area contributed by atoms with Crippen LogP contribution in [0.15, 0.2) is 29.2 Å². The molecule has 0 saturated heterocycles. The molecule has 0 spiro atoms. The van der Waals surface area contributed by atoms with Crippen molar-refractivity contribution in [2.24, 2.45) is 0 Å². The third-order valence-electron chi connectivity index (χ3n) is 3.43. The van der Waals surface area contributed by atoms with Gasteiger partial charge in [-0.2, -0.15) is 4.98 Å². The Bertz CT molecular complexity index is 711. The van der Waals surface area contributed by atoms with E-state index in [9.17, 15) is 0 Å². The van der Waals surface area contributed by atoms with Gasteiger partial charge in [0.25, 0.3) is 5.89 Å². The number of hydrogen-bond donors (Lipinski definition) is 0. The van der Waals surface area contributed by atoms with Gasteiger partial charge in [0.2, 0.25) is 5.82 Å². The van der Waals surface area contributed by atoms with Crippen molar-refractivity contribution in [1.29, 1.82) is 0 Å². The molecule has 0 N–H and O–H groups in total. The summed E-state index contributed by atoms with van der Waals surface area (Å²) in [6.07, 6.45) is 9.77. The molecule has 0 atom stereocenters. The maximum atomic E-state index is 5.36. The Morgan fingerprint density at radius 2 is 2.10 bits per heavy atom. The Hall–Kier alpha value is -2.08. The van der Waals surface area contributed by atoms with Gasteiger partial charge in [-0.05, 0) is 37.3 Å². The first-order chi connectivity index (χ1) is 9.90. The molecule has 100 valence electrons. The van der Waals surface area contributed by atoms with Crippen molar-refractivity contribution in [1.82, 2.24) is 20.1 Å². The minimum Gasteiger partial charge on any atom is -0.333 e. The summed E-state index contributed by atoms with van der Waals surface area (Å²) in [6, 6.07) is 2.19. The average molecular weight is 284 g/mol. The second kappa shape index (κ2) is 4.79. The molecular weight excluding hydrogens is 272 g/mol. The lowest BCUT2D eigenvalue weighted by Gasteiger charge is -2.08. The van der Waals surface area contributed by atoms with Crippen LogP contribution >= 0.6 is 11.3 Å². The highest BCUT2D eigenvalue weighted by Crippen LogP contribution is 2.35. The Labute approximate surface area is 119 Å². The molecule has 3 aromatic rings. The van der Waals surface area contributed by atoms with Gasteiger partial charge in [-0.3, -0.25) is 4.98 Å². The number of fused-ring (bicyclic) bond motifs is 1. The van der Waals surface area contributed by atoms with Crippen molar-refractivity contribution in [2.75, 3.05) is 0 Å². The number of rotatable bonds is 2. The summed E-state index contributed by atoms with van der Waals surface area (Å²) in [4.78, 5) is 15.1. The third kappa shape index (κ3) is 2.02. The normalized spacial score (nSPS) is 14.2. The van der Waals surface area contributed by atoms with Gasteiger partial charge in [-0.1, -0.05) is 5.16 Å². The summed E-state index contributed by atoms with van der Waals surface area (Å²) < 4.78 is 5.36. The van der Waals surface area contributed by atoms with E-state index in [1.165, 1.54) is 29.7 Å². The summed E-state index contributed by atoms with van der Waals surface area (Å²) in [5.41, 5.74) is 2.07. The zero-order valence-electron chi connectivity index (χ0n) is 10.7. The second-order valence-corrected chi connectivity index (χ2v) is 5.92. The Morgan fingerprint density at radius 1 is 1.15 bits per heavy atom. The average Bonchev–Trinajstić information content (AvgIpc) is 3.14. The molecule has 0 aliphatic heterocycles. The topological polar surface area (TPSA) is 64.7 Å². The zero-order chi connectivity index (χ0) is 13.4. The van der Waals surface area contributed by atoms with E-state index in [0.29, 0.717) is 17.4 Å². The van der Waals surface area contributed by atoms with Gasteiger partial charge in [0.05, 0.1) is 11.1 Å². The molecule has 0 fully saturated rings. The Kier molecular flexibility index (Phi) is 2.81. The number of hydrogen-bond acceptors (Lipinski definition) is 6. The standard InChI is InChI=1S/C14H12N4OS/c1-2-4-11-9(3-1)7-12(20-11)14-17-13(18-19-14)10-8-15-5-6-16-10/h5-8H,1-4H2. The first-order valence-electron chi connectivity index (χ1n) is 6.62. The number of aromatic nitrogens is 4. The predicted molar refractivity (Wildman–Crippen MR) is 75.3 cm³/mol. The summed E-state index contributed by atoms with van der Waals surface area (Å²) >= 11 is 1.76. The molecule has 5 nitrogen and oxygen atoms in total. The minimum atomic E-state index is 0.486. The van der Waals surface area contributed by atoms with Crippen LogP contribution in [0, 0.1) is 0 Å². The van der Waals surface area contributed by atoms with Crippen LogP contribution in [0.4, 0.5) is 0 Å². The van der Waals surface area contributed by atoms with Crippen molar-refractivity contribution in [3.8, 4) is 22.3 Å². The van der Waals surface area contributed by atoms with Crippen LogP contribution < -0.4 is 0 Å². The zero-order valence-corrected chi connectivity index (χ0v) is 11.6. The van der Waals surface area contributed by atoms with Crippen molar-refractivity contribution in [3.05, 3.63) is 35.1 Å².